The van der Waals surface area contributed by atoms with Crippen LogP contribution in [0.3, 0.4) is 0 Å². The zero-order chi connectivity index (χ0) is 13.9. The third kappa shape index (κ3) is 2.55. The molecular formula is C12H18N2O4. The van der Waals surface area contributed by atoms with Crippen molar-refractivity contribution < 1.29 is 19.7 Å². The van der Waals surface area contributed by atoms with Gasteiger partial charge in [-0.15, -0.1) is 0 Å². The first-order valence-electron chi connectivity index (χ1n) is 5.44. The highest BCUT2D eigenvalue weighted by Gasteiger charge is 2.39. The minimum absolute atomic E-state index is 0.0638. The number of methoxy groups -OCH3 is 1. The lowest BCUT2D eigenvalue weighted by molar-refractivity contribution is -0.126. The molecule has 18 heavy (non-hydrogen) atoms. The maximum Gasteiger partial charge on any atom is 0.240 e. The lowest BCUT2D eigenvalue weighted by Gasteiger charge is -2.29. The van der Waals surface area contributed by atoms with Crippen LogP contribution in [0.5, 0.6) is 11.5 Å². The van der Waals surface area contributed by atoms with Gasteiger partial charge in [0.05, 0.1) is 13.2 Å². The molecule has 0 saturated carbocycles. The molecule has 0 fully saturated rings. The first-order valence-corrected chi connectivity index (χ1v) is 5.44. The van der Waals surface area contributed by atoms with Gasteiger partial charge in [0.25, 0.3) is 0 Å². The van der Waals surface area contributed by atoms with Crippen molar-refractivity contribution >= 4 is 5.91 Å². The molecule has 6 heteroatoms. The summed E-state index contributed by atoms with van der Waals surface area (Å²) in [6.45, 7) is 1.37. The van der Waals surface area contributed by atoms with E-state index in [2.05, 4.69) is 0 Å². The molecule has 1 aromatic rings. The summed E-state index contributed by atoms with van der Waals surface area (Å²) >= 11 is 0. The molecule has 0 aliphatic rings. The Hall–Kier alpha value is -1.79. The molecule has 0 aliphatic heterocycles. The van der Waals surface area contributed by atoms with Gasteiger partial charge in [0.1, 0.15) is 17.0 Å². The highest BCUT2D eigenvalue weighted by molar-refractivity contribution is 5.85. The zero-order valence-electron chi connectivity index (χ0n) is 10.4. The fourth-order valence-corrected chi connectivity index (χ4v) is 1.66. The van der Waals surface area contributed by atoms with Crippen LogP contribution in [-0.4, -0.2) is 34.9 Å². The lowest BCUT2D eigenvalue weighted by atomic mass is 9.85. The topological polar surface area (TPSA) is 119 Å². The van der Waals surface area contributed by atoms with E-state index in [1.165, 1.54) is 20.1 Å². The van der Waals surface area contributed by atoms with E-state index in [1.54, 1.807) is 12.1 Å². The van der Waals surface area contributed by atoms with Crippen molar-refractivity contribution in [1.29, 1.82) is 0 Å². The van der Waals surface area contributed by atoms with E-state index in [-0.39, 0.29) is 12.2 Å². The van der Waals surface area contributed by atoms with Crippen LogP contribution in [0.25, 0.3) is 0 Å². The Morgan fingerprint density at radius 2 is 2.17 bits per heavy atom. The number of aliphatic hydroxyl groups is 1. The van der Waals surface area contributed by atoms with Crippen molar-refractivity contribution in [2.24, 2.45) is 11.5 Å². The fraction of sp³-hybridized carbons (Fsp3) is 0.417. The normalized spacial score (nSPS) is 15.8. The van der Waals surface area contributed by atoms with E-state index in [4.69, 9.17) is 16.2 Å². The number of carbonyl (C=O) groups is 1. The number of phenolic OH excluding ortho intramolecular Hbond substituents is 1. The molecule has 1 aromatic carbocycles. The summed E-state index contributed by atoms with van der Waals surface area (Å²) in [5.74, 6) is -0.527. The van der Waals surface area contributed by atoms with Crippen LogP contribution in [0.1, 0.15) is 12.5 Å². The minimum Gasteiger partial charge on any atom is -0.508 e. The predicted molar refractivity (Wildman–Crippen MR) is 66.2 cm³/mol. The molecule has 0 bridgehead atoms. The highest BCUT2D eigenvalue weighted by Crippen LogP contribution is 2.31. The Balaban J connectivity index is 3.20. The Labute approximate surface area is 105 Å². The number of hydrogen-bond donors (Lipinski definition) is 4. The number of rotatable bonds is 5. The van der Waals surface area contributed by atoms with E-state index in [9.17, 15) is 15.0 Å². The number of benzene rings is 1. The van der Waals surface area contributed by atoms with Crippen molar-refractivity contribution in [2.45, 2.75) is 25.0 Å². The SMILES string of the molecule is COc1cccc(O)c1C[C@@](N)(C(N)=O)[C@@H](C)O. The average Bonchev–Trinajstić information content (AvgIpc) is 2.30. The summed E-state index contributed by atoms with van der Waals surface area (Å²) in [5, 5.41) is 19.4. The standard InChI is InChI=1S/C12H18N2O4/c1-7(15)12(14,11(13)17)6-8-9(16)4-3-5-10(8)18-2/h3-5,7,15-16H,6,14H2,1-2H3,(H2,13,17)/t7-,12+/m1/s1. The molecule has 1 amide bonds. The lowest BCUT2D eigenvalue weighted by Crippen LogP contribution is -2.60. The molecule has 0 heterocycles. The Morgan fingerprint density at radius 1 is 1.56 bits per heavy atom. The summed E-state index contributed by atoms with van der Waals surface area (Å²) in [6.07, 6.45) is -1.27. The van der Waals surface area contributed by atoms with Gasteiger partial charge in [0.2, 0.25) is 5.91 Å². The monoisotopic (exact) mass is 254 g/mol. The quantitative estimate of drug-likeness (QED) is 0.565. The van der Waals surface area contributed by atoms with Crippen molar-refractivity contribution in [3.8, 4) is 11.5 Å². The molecule has 0 spiro atoms. The van der Waals surface area contributed by atoms with Crippen LogP contribution in [0, 0.1) is 0 Å². The van der Waals surface area contributed by atoms with Gasteiger partial charge >= 0.3 is 0 Å². The molecule has 0 unspecified atom stereocenters. The summed E-state index contributed by atoms with van der Waals surface area (Å²) in [4.78, 5) is 11.4. The van der Waals surface area contributed by atoms with E-state index >= 15 is 0 Å². The summed E-state index contributed by atoms with van der Waals surface area (Å²) in [7, 11) is 1.43. The van der Waals surface area contributed by atoms with Gasteiger partial charge in [-0.05, 0) is 19.1 Å². The molecule has 100 valence electrons. The van der Waals surface area contributed by atoms with Crippen molar-refractivity contribution in [3.05, 3.63) is 23.8 Å². The number of aromatic hydroxyl groups is 1. The molecular weight excluding hydrogens is 236 g/mol. The second-order valence-electron chi connectivity index (χ2n) is 4.22. The maximum absolute atomic E-state index is 11.4. The van der Waals surface area contributed by atoms with Crippen molar-refractivity contribution in [1.82, 2.24) is 0 Å². The van der Waals surface area contributed by atoms with Crippen LogP contribution < -0.4 is 16.2 Å². The summed E-state index contributed by atoms with van der Waals surface area (Å²) in [6, 6.07) is 4.67. The van der Waals surface area contributed by atoms with Crippen molar-refractivity contribution in [3.63, 3.8) is 0 Å². The number of phenols is 1. The first kappa shape index (κ1) is 14.3. The Bertz CT molecular complexity index is 448. The molecule has 0 aromatic heterocycles. The molecule has 1 rings (SSSR count). The minimum atomic E-state index is -1.66. The fourth-order valence-electron chi connectivity index (χ4n) is 1.66. The first-order chi connectivity index (χ1) is 8.32. The molecule has 6 N–H and O–H groups in total. The van der Waals surface area contributed by atoms with Gasteiger partial charge in [-0.3, -0.25) is 4.79 Å². The van der Waals surface area contributed by atoms with Crippen LogP contribution in [0.15, 0.2) is 18.2 Å². The number of aliphatic hydroxyl groups excluding tert-OH is 1. The van der Waals surface area contributed by atoms with Crippen molar-refractivity contribution in [2.75, 3.05) is 7.11 Å². The van der Waals surface area contributed by atoms with Gasteiger partial charge in [-0.2, -0.15) is 0 Å². The number of ether oxygens (including phenoxy) is 1. The van der Waals surface area contributed by atoms with Gasteiger partial charge in [-0.25, -0.2) is 0 Å². The van der Waals surface area contributed by atoms with E-state index < -0.39 is 17.6 Å². The number of amides is 1. The summed E-state index contributed by atoms with van der Waals surface area (Å²) < 4.78 is 5.08. The van der Waals surface area contributed by atoms with Crippen LogP contribution in [-0.2, 0) is 11.2 Å². The molecule has 6 nitrogen and oxygen atoms in total. The highest BCUT2D eigenvalue weighted by atomic mass is 16.5. The smallest absolute Gasteiger partial charge is 0.240 e. The number of hydrogen-bond acceptors (Lipinski definition) is 5. The average molecular weight is 254 g/mol. The number of primary amides is 1. The second-order valence-corrected chi connectivity index (χ2v) is 4.22. The third-order valence-electron chi connectivity index (χ3n) is 3.00. The molecule has 0 saturated heterocycles. The van der Waals surface area contributed by atoms with E-state index in [0.29, 0.717) is 11.3 Å². The molecule has 2 atom stereocenters. The van der Waals surface area contributed by atoms with Crippen LogP contribution in [0.2, 0.25) is 0 Å². The Morgan fingerprint density at radius 3 is 2.61 bits per heavy atom. The second kappa shape index (κ2) is 5.24. The maximum atomic E-state index is 11.4. The molecule has 0 radical (unpaired) electrons. The van der Waals surface area contributed by atoms with E-state index in [0.717, 1.165) is 0 Å². The van der Waals surface area contributed by atoms with Gasteiger partial charge in [0.15, 0.2) is 0 Å². The summed E-state index contributed by atoms with van der Waals surface area (Å²) in [5.41, 5.74) is 9.71. The third-order valence-corrected chi connectivity index (χ3v) is 3.00. The van der Waals surface area contributed by atoms with Crippen LogP contribution >= 0.6 is 0 Å². The Kier molecular flexibility index (Phi) is 4.15. The van der Waals surface area contributed by atoms with Crippen LogP contribution in [0.4, 0.5) is 0 Å². The van der Waals surface area contributed by atoms with Gasteiger partial charge in [-0.1, -0.05) is 6.07 Å². The zero-order valence-corrected chi connectivity index (χ0v) is 10.4. The molecule has 0 aliphatic carbocycles. The number of carbonyl (C=O) groups excluding carboxylic acids is 1. The largest absolute Gasteiger partial charge is 0.508 e. The van der Waals surface area contributed by atoms with E-state index in [1.807, 2.05) is 0 Å². The van der Waals surface area contributed by atoms with Gasteiger partial charge < -0.3 is 26.4 Å². The predicted octanol–water partition coefficient (Wildman–Crippen LogP) is -0.493. The number of nitrogens with two attached hydrogens (primary N) is 2. The van der Waals surface area contributed by atoms with Gasteiger partial charge in [0, 0.05) is 12.0 Å².